The van der Waals surface area contributed by atoms with E-state index in [4.69, 9.17) is 0 Å². The molecular weight excluding hydrogens is 232 g/mol. The summed E-state index contributed by atoms with van der Waals surface area (Å²) in [6.07, 6.45) is 4.58. The van der Waals surface area contributed by atoms with Crippen molar-refractivity contribution in [1.82, 2.24) is 9.88 Å². The largest absolute Gasteiger partial charge is 0.292 e. The fourth-order valence-corrected chi connectivity index (χ4v) is 2.89. The lowest BCUT2D eigenvalue weighted by molar-refractivity contribution is 0.248. The molecule has 2 aromatic rings. The van der Waals surface area contributed by atoms with Crippen molar-refractivity contribution >= 4 is 0 Å². The molecule has 1 aliphatic rings. The van der Waals surface area contributed by atoms with Crippen molar-refractivity contribution in [1.29, 1.82) is 0 Å². The first kappa shape index (κ1) is 12.4. The Morgan fingerprint density at radius 1 is 1.16 bits per heavy atom. The molecule has 2 nitrogen and oxygen atoms in total. The monoisotopic (exact) mass is 252 g/mol. The van der Waals surface area contributed by atoms with Crippen LogP contribution in [0.3, 0.4) is 0 Å². The fraction of sp³-hybridized carbons (Fsp3) is 0.353. The molecule has 1 saturated heterocycles. The number of hydrogen-bond acceptors (Lipinski definition) is 2. The zero-order valence-electron chi connectivity index (χ0n) is 11.4. The van der Waals surface area contributed by atoms with Gasteiger partial charge in [-0.05, 0) is 43.5 Å². The molecule has 2 heterocycles. The summed E-state index contributed by atoms with van der Waals surface area (Å²) in [6.45, 7) is 4.27. The summed E-state index contributed by atoms with van der Waals surface area (Å²) in [6, 6.07) is 15.6. The van der Waals surface area contributed by atoms with Crippen LogP contribution in [0, 0.1) is 6.92 Å². The summed E-state index contributed by atoms with van der Waals surface area (Å²) < 4.78 is 0. The SMILES string of the molecule is Cc1ccc(C2CCCN2Cc2ccccc2)cn1. The van der Waals surface area contributed by atoms with Crippen molar-refractivity contribution in [3.8, 4) is 0 Å². The minimum atomic E-state index is 0.535. The van der Waals surface area contributed by atoms with Crippen LogP contribution in [-0.4, -0.2) is 16.4 Å². The van der Waals surface area contributed by atoms with E-state index in [0.29, 0.717) is 6.04 Å². The topological polar surface area (TPSA) is 16.1 Å². The summed E-state index contributed by atoms with van der Waals surface area (Å²) in [5, 5.41) is 0. The lowest BCUT2D eigenvalue weighted by Crippen LogP contribution is -2.22. The molecule has 1 aromatic carbocycles. The number of rotatable bonds is 3. The van der Waals surface area contributed by atoms with Gasteiger partial charge in [0.25, 0.3) is 0 Å². The van der Waals surface area contributed by atoms with Crippen LogP contribution in [0.5, 0.6) is 0 Å². The maximum atomic E-state index is 4.44. The molecule has 0 spiro atoms. The van der Waals surface area contributed by atoms with Gasteiger partial charge in [0.2, 0.25) is 0 Å². The van der Waals surface area contributed by atoms with Crippen LogP contribution < -0.4 is 0 Å². The Morgan fingerprint density at radius 3 is 2.74 bits per heavy atom. The molecule has 19 heavy (non-hydrogen) atoms. The van der Waals surface area contributed by atoms with Crippen LogP contribution >= 0.6 is 0 Å². The molecule has 0 aliphatic carbocycles. The number of benzene rings is 1. The third kappa shape index (κ3) is 2.85. The summed E-state index contributed by atoms with van der Waals surface area (Å²) in [5.41, 5.74) is 3.85. The molecule has 0 bridgehead atoms. The average Bonchev–Trinajstić information content (AvgIpc) is 2.89. The Balaban J connectivity index is 1.76. The van der Waals surface area contributed by atoms with Gasteiger partial charge < -0.3 is 0 Å². The lowest BCUT2D eigenvalue weighted by atomic mass is 10.1. The molecule has 1 unspecified atom stereocenters. The molecule has 1 aliphatic heterocycles. The van der Waals surface area contributed by atoms with Crippen LogP contribution in [0.25, 0.3) is 0 Å². The van der Waals surface area contributed by atoms with E-state index >= 15 is 0 Å². The van der Waals surface area contributed by atoms with E-state index in [0.717, 1.165) is 12.2 Å². The second kappa shape index (κ2) is 5.54. The normalized spacial score (nSPS) is 19.7. The van der Waals surface area contributed by atoms with Gasteiger partial charge in [-0.15, -0.1) is 0 Å². The molecule has 1 fully saturated rings. The number of nitrogens with zero attached hydrogens (tertiary/aromatic N) is 2. The van der Waals surface area contributed by atoms with Gasteiger partial charge in [-0.2, -0.15) is 0 Å². The minimum Gasteiger partial charge on any atom is -0.292 e. The van der Waals surface area contributed by atoms with Crippen LogP contribution in [0.4, 0.5) is 0 Å². The minimum absolute atomic E-state index is 0.535. The van der Waals surface area contributed by atoms with Crippen molar-refractivity contribution in [2.75, 3.05) is 6.54 Å². The van der Waals surface area contributed by atoms with Gasteiger partial charge in [-0.1, -0.05) is 36.4 Å². The Kier molecular flexibility index (Phi) is 3.60. The van der Waals surface area contributed by atoms with Gasteiger partial charge in [0.15, 0.2) is 0 Å². The molecule has 1 aromatic heterocycles. The highest BCUT2D eigenvalue weighted by molar-refractivity contribution is 5.20. The third-order valence-electron chi connectivity index (χ3n) is 3.91. The lowest BCUT2D eigenvalue weighted by Gasteiger charge is -2.24. The second-order valence-electron chi connectivity index (χ2n) is 5.35. The van der Waals surface area contributed by atoms with E-state index in [1.54, 1.807) is 0 Å². The molecule has 0 N–H and O–H groups in total. The average molecular weight is 252 g/mol. The molecule has 0 saturated carbocycles. The summed E-state index contributed by atoms with van der Waals surface area (Å²) in [5.74, 6) is 0. The predicted octanol–water partition coefficient (Wildman–Crippen LogP) is 3.73. The van der Waals surface area contributed by atoms with Gasteiger partial charge in [-0.3, -0.25) is 9.88 Å². The first-order valence-electron chi connectivity index (χ1n) is 7.03. The zero-order chi connectivity index (χ0) is 13.1. The molecule has 2 heteroatoms. The number of pyridine rings is 1. The van der Waals surface area contributed by atoms with Gasteiger partial charge >= 0.3 is 0 Å². The van der Waals surface area contributed by atoms with Gasteiger partial charge in [0, 0.05) is 24.5 Å². The summed E-state index contributed by atoms with van der Waals surface area (Å²) in [4.78, 5) is 7.01. The molecule has 0 amide bonds. The van der Waals surface area contributed by atoms with E-state index in [9.17, 15) is 0 Å². The summed E-state index contributed by atoms with van der Waals surface area (Å²) in [7, 11) is 0. The number of hydrogen-bond donors (Lipinski definition) is 0. The van der Waals surface area contributed by atoms with E-state index in [2.05, 4.69) is 52.3 Å². The van der Waals surface area contributed by atoms with Crippen molar-refractivity contribution in [3.05, 3.63) is 65.5 Å². The van der Waals surface area contributed by atoms with Gasteiger partial charge in [-0.25, -0.2) is 0 Å². The molecular formula is C17H20N2. The highest BCUT2D eigenvalue weighted by atomic mass is 15.2. The third-order valence-corrected chi connectivity index (χ3v) is 3.91. The van der Waals surface area contributed by atoms with Crippen molar-refractivity contribution < 1.29 is 0 Å². The van der Waals surface area contributed by atoms with Gasteiger partial charge in [0.05, 0.1) is 0 Å². The van der Waals surface area contributed by atoms with E-state index < -0.39 is 0 Å². The van der Waals surface area contributed by atoms with E-state index in [1.807, 2.05) is 13.1 Å². The van der Waals surface area contributed by atoms with Crippen molar-refractivity contribution in [3.63, 3.8) is 0 Å². The van der Waals surface area contributed by atoms with E-state index in [-0.39, 0.29) is 0 Å². The first-order chi connectivity index (χ1) is 9.33. The smallest absolute Gasteiger partial charge is 0.0372 e. The van der Waals surface area contributed by atoms with Crippen LogP contribution in [0.15, 0.2) is 48.7 Å². The van der Waals surface area contributed by atoms with E-state index in [1.165, 1.54) is 30.5 Å². The highest BCUT2D eigenvalue weighted by Gasteiger charge is 2.25. The Hall–Kier alpha value is -1.67. The fourth-order valence-electron chi connectivity index (χ4n) is 2.89. The van der Waals surface area contributed by atoms with Gasteiger partial charge in [0.1, 0.15) is 0 Å². The Morgan fingerprint density at radius 2 is 2.00 bits per heavy atom. The first-order valence-corrected chi connectivity index (χ1v) is 7.03. The Bertz CT molecular complexity index is 519. The standard InChI is InChI=1S/C17H20N2/c1-14-9-10-16(12-18-14)17-8-5-11-19(17)13-15-6-3-2-4-7-15/h2-4,6-7,9-10,12,17H,5,8,11,13H2,1H3. The van der Waals surface area contributed by atoms with Crippen LogP contribution in [-0.2, 0) is 6.54 Å². The number of aromatic nitrogens is 1. The number of aryl methyl sites for hydroxylation is 1. The van der Waals surface area contributed by atoms with Crippen LogP contribution in [0.1, 0.15) is 35.7 Å². The highest BCUT2D eigenvalue weighted by Crippen LogP contribution is 2.32. The predicted molar refractivity (Wildman–Crippen MR) is 77.8 cm³/mol. The van der Waals surface area contributed by atoms with Crippen molar-refractivity contribution in [2.45, 2.75) is 32.4 Å². The Labute approximate surface area is 115 Å². The molecule has 0 radical (unpaired) electrons. The maximum absolute atomic E-state index is 4.44. The summed E-state index contributed by atoms with van der Waals surface area (Å²) >= 11 is 0. The second-order valence-corrected chi connectivity index (χ2v) is 5.35. The zero-order valence-corrected chi connectivity index (χ0v) is 11.4. The molecule has 3 rings (SSSR count). The quantitative estimate of drug-likeness (QED) is 0.827. The molecule has 1 atom stereocenters. The number of likely N-dealkylation sites (tertiary alicyclic amines) is 1. The van der Waals surface area contributed by atoms with Crippen LogP contribution in [0.2, 0.25) is 0 Å². The van der Waals surface area contributed by atoms with Crippen molar-refractivity contribution in [2.24, 2.45) is 0 Å². The maximum Gasteiger partial charge on any atom is 0.0372 e. The molecule has 98 valence electrons.